The monoisotopic (exact) mass is 586 g/mol. The Kier molecular flexibility index (Phi) is 23.2. The van der Waals surface area contributed by atoms with Gasteiger partial charge in [0.1, 0.15) is 30.5 Å². The maximum Gasteiger partial charge on any atom is 0.306 e. The van der Waals surface area contributed by atoms with E-state index in [1.54, 1.807) is 0 Å². The Bertz CT molecular complexity index is 682. The van der Waals surface area contributed by atoms with E-state index >= 15 is 0 Å². The van der Waals surface area contributed by atoms with E-state index in [-0.39, 0.29) is 19.2 Å². The first-order chi connectivity index (χ1) is 19.9. The average Bonchev–Trinajstić information content (AvgIpc) is 2.97. The standard InChI is InChI=1S/C32H58O9/c1-3-5-7-8-9-10-11-12-13-14-15-16-17-18-19-20-22-38-24-26(40-28(34)21-6-4-2)25-39-32-31(37)30(36)29(35)27(23-33)41-32/h9-10,12-13,26-27,29-33,35-37H,3-8,11,14-25H2,1-2H3/b10-9-,13-12-. The molecule has 4 N–H and O–H groups in total. The van der Waals surface area contributed by atoms with Gasteiger partial charge in [-0.3, -0.25) is 4.79 Å². The molecule has 0 bridgehead atoms. The molecule has 1 aliphatic rings. The van der Waals surface area contributed by atoms with Crippen LogP contribution in [0.25, 0.3) is 0 Å². The van der Waals surface area contributed by atoms with Gasteiger partial charge >= 0.3 is 5.97 Å². The SMILES string of the molecule is CCCCC/C=C\C/C=C\CCCCCCCCOCC(COC1OC(CO)C(O)C(O)C1O)OC(=O)CCCC. The third kappa shape index (κ3) is 18.1. The summed E-state index contributed by atoms with van der Waals surface area (Å²) in [5.41, 5.74) is 0. The minimum absolute atomic E-state index is 0.121. The molecule has 0 radical (unpaired) electrons. The molecule has 1 aliphatic heterocycles. The van der Waals surface area contributed by atoms with E-state index < -0.39 is 43.4 Å². The summed E-state index contributed by atoms with van der Waals surface area (Å²) in [7, 11) is 0. The van der Waals surface area contributed by atoms with Gasteiger partial charge in [-0.05, 0) is 44.9 Å². The van der Waals surface area contributed by atoms with Crippen molar-refractivity contribution in [2.24, 2.45) is 0 Å². The summed E-state index contributed by atoms with van der Waals surface area (Å²) in [6, 6.07) is 0. The predicted molar refractivity (Wildman–Crippen MR) is 159 cm³/mol. The molecule has 0 amide bonds. The summed E-state index contributed by atoms with van der Waals surface area (Å²) >= 11 is 0. The molecular formula is C32H58O9. The molecule has 0 saturated carbocycles. The number of carbonyl (C=O) groups is 1. The van der Waals surface area contributed by atoms with Crippen LogP contribution in [-0.4, -0.2) is 89.6 Å². The molecule has 240 valence electrons. The second-order valence-corrected chi connectivity index (χ2v) is 10.9. The van der Waals surface area contributed by atoms with Crippen LogP contribution in [0.3, 0.4) is 0 Å². The van der Waals surface area contributed by atoms with Crippen LogP contribution in [-0.2, 0) is 23.7 Å². The van der Waals surface area contributed by atoms with Crippen molar-refractivity contribution in [1.29, 1.82) is 0 Å². The van der Waals surface area contributed by atoms with Gasteiger partial charge in [0.05, 0.1) is 19.8 Å². The van der Waals surface area contributed by atoms with Crippen molar-refractivity contribution in [3.8, 4) is 0 Å². The lowest BCUT2D eigenvalue weighted by atomic mass is 9.99. The second kappa shape index (κ2) is 25.2. The molecule has 1 fully saturated rings. The highest BCUT2D eigenvalue weighted by molar-refractivity contribution is 5.69. The molecule has 1 saturated heterocycles. The molecule has 0 spiro atoms. The highest BCUT2D eigenvalue weighted by atomic mass is 16.7. The number of carbonyl (C=O) groups excluding carboxylic acids is 1. The van der Waals surface area contributed by atoms with Gasteiger partial charge < -0.3 is 39.4 Å². The molecule has 41 heavy (non-hydrogen) atoms. The molecule has 1 heterocycles. The van der Waals surface area contributed by atoms with E-state index in [2.05, 4.69) is 31.2 Å². The van der Waals surface area contributed by atoms with Crippen molar-refractivity contribution in [2.45, 2.75) is 147 Å². The molecule has 0 aliphatic carbocycles. The third-order valence-electron chi connectivity index (χ3n) is 7.12. The van der Waals surface area contributed by atoms with E-state index in [0.717, 1.165) is 38.5 Å². The Morgan fingerprint density at radius 3 is 2.07 bits per heavy atom. The summed E-state index contributed by atoms with van der Waals surface area (Å²) in [4.78, 5) is 12.2. The van der Waals surface area contributed by atoms with E-state index in [1.165, 1.54) is 44.9 Å². The van der Waals surface area contributed by atoms with Crippen LogP contribution in [0, 0.1) is 0 Å². The first-order valence-corrected chi connectivity index (χ1v) is 15.9. The largest absolute Gasteiger partial charge is 0.457 e. The first-order valence-electron chi connectivity index (χ1n) is 15.9. The minimum Gasteiger partial charge on any atom is -0.457 e. The van der Waals surface area contributed by atoms with Gasteiger partial charge in [0.25, 0.3) is 0 Å². The van der Waals surface area contributed by atoms with Crippen molar-refractivity contribution < 1.29 is 44.2 Å². The van der Waals surface area contributed by atoms with Crippen LogP contribution in [0.15, 0.2) is 24.3 Å². The molecule has 1 rings (SSSR count). The average molecular weight is 587 g/mol. The number of unbranched alkanes of at least 4 members (excludes halogenated alkanes) is 10. The molecule has 6 unspecified atom stereocenters. The topological polar surface area (TPSA) is 135 Å². The fourth-order valence-electron chi connectivity index (χ4n) is 4.50. The number of allylic oxidation sites excluding steroid dienone is 4. The molecular weight excluding hydrogens is 528 g/mol. The fourth-order valence-corrected chi connectivity index (χ4v) is 4.50. The van der Waals surface area contributed by atoms with Crippen LogP contribution in [0.2, 0.25) is 0 Å². The lowest BCUT2D eigenvalue weighted by molar-refractivity contribution is -0.305. The molecule has 0 aromatic rings. The zero-order chi connectivity index (χ0) is 30.1. The Labute approximate surface area is 247 Å². The van der Waals surface area contributed by atoms with Crippen molar-refractivity contribution in [3.05, 3.63) is 24.3 Å². The Morgan fingerprint density at radius 1 is 0.780 bits per heavy atom. The number of esters is 1. The fraction of sp³-hybridized carbons (Fsp3) is 0.844. The summed E-state index contributed by atoms with van der Waals surface area (Å²) in [5.74, 6) is -0.355. The van der Waals surface area contributed by atoms with E-state index in [4.69, 9.17) is 18.9 Å². The predicted octanol–water partition coefficient (Wildman–Crippen LogP) is 4.74. The van der Waals surface area contributed by atoms with E-state index in [9.17, 15) is 25.2 Å². The Balaban J connectivity index is 2.22. The van der Waals surface area contributed by atoms with Crippen LogP contribution in [0.1, 0.15) is 110 Å². The summed E-state index contributed by atoms with van der Waals surface area (Å²) in [6.07, 6.45) is 17.4. The lowest BCUT2D eigenvalue weighted by Gasteiger charge is -2.39. The third-order valence-corrected chi connectivity index (χ3v) is 7.12. The van der Waals surface area contributed by atoms with Gasteiger partial charge in [-0.1, -0.05) is 83.1 Å². The summed E-state index contributed by atoms with van der Waals surface area (Å²) in [5, 5.41) is 39.4. The summed E-state index contributed by atoms with van der Waals surface area (Å²) in [6.45, 7) is 4.23. The van der Waals surface area contributed by atoms with Gasteiger partial charge in [0, 0.05) is 13.0 Å². The number of rotatable bonds is 25. The number of ether oxygens (including phenoxy) is 4. The maximum absolute atomic E-state index is 12.2. The zero-order valence-electron chi connectivity index (χ0n) is 25.5. The van der Waals surface area contributed by atoms with Gasteiger partial charge in [-0.2, -0.15) is 0 Å². The van der Waals surface area contributed by atoms with Gasteiger partial charge in [0.15, 0.2) is 6.29 Å². The van der Waals surface area contributed by atoms with Crippen molar-refractivity contribution in [1.82, 2.24) is 0 Å². The zero-order valence-corrected chi connectivity index (χ0v) is 25.5. The van der Waals surface area contributed by atoms with Crippen LogP contribution < -0.4 is 0 Å². The maximum atomic E-state index is 12.2. The lowest BCUT2D eigenvalue weighted by Crippen LogP contribution is -2.59. The molecule has 0 aromatic carbocycles. The highest BCUT2D eigenvalue weighted by Gasteiger charge is 2.44. The van der Waals surface area contributed by atoms with Gasteiger partial charge in [-0.25, -0.2) is 0 Å². The van der Waals surface area contributed by atoms with Crippen molar-refractivity contribution in [2.75, 3.05) is 26.4 Å². The minimum atomic E-state index is -1.53. The van der Waals surface area contributed by atoms with Crippen LogP contribution in [0.5, 0.6) is 0 Å². The Hall–Kier alpha value is -1.33. The summed E-state index contributed by atoms with van der Waals surface area (Å²) < 4.78 is 22.2. The highest BCUT2D eigenvalue weighted by Crippen LogP contribution is 2.22. The number of hydrogen-bond acceptors (Lipinski definition) is 9. The van der Waals surface area contributed by atoms with Crippen molar-refractivity contribution in [3.63, 3.8) is 0 Å². The van der Waals surface area contributed by atoms with Crippen LogP contribution >= 0.6 is 0 Å². The van der Waals surface area contributed by atoms with Gasteiger partial charge in [0.2, 0.25) is 0 Å². The number of aliphatic hydroxyl groups is 4. The Morgan fingerprint density at radius 2 is 1.41 bits per heavy atom. The molecule has 9 heteroatoms. The second-order valence-electron chi connectivity index (χ2n) is 10.9. The molecule has 0 aromatic heterocycles. The van der Waals surface area contributed by atoms with Crippen LogP contribution in [0.4, 0.5) is 0 Å². The first kappa shape index (κ1) is 37.7. The normalized spacial score (nSPS) is 23.9. The van der Waals surface area contributed by atoms with E-state index in [1.807, 2.05) is 6.92 Å². The van der Waals surface area contributed by atoms with Gasteiger partial charge in [-0.15, -0.1) is 0 Å². The number of aliphatic hydroxyl groups excluding tert-OH is 4. The molecule has 6 atom stereocenters. The number of hydrogen-bond donors (Lipinski definition) is 4. The molecule has 9 nitrogen and oxygen atoms in total. The smallest absolute Gasteiger partial charge is 0.306 e. The quantitative estimate of drug-likeness (QED) is 0.0680. The van der Waals surface area contributed by atoms with Crippen molar-refractivity contribution >= 4 is 5.97 Å². The van der Waals surface area contributed by atoms with E-state index in [0.29, 0.717) is 19.4 Å².